The highest BCUT2D eigenvalue weighted by Crippen LogP contribution is 2.47. The van der Waals surface area contributed by atoms with Crippen molar-refractivity contribution in [3.05, 3.63) is 36.0 Å². The Morgan fingerprint density at radius 2 is 2.40 bits per heavy atom. The summed E-state index contributed by atoms with van der Waals surface area (Å²) in [7, 11) is 1.85. The smallest absolute Gasteiger partial charge is 0.193 e. The Labute approximate surface area is 117 Å². The first-order chi connectivity index (χ1) is 9.61. The van der Waals surface area contributed by atoms with Gasteiger partial charge in [0.1, 0.15) is 18.1 Å². The molecule has 1 aliphatic carbocycles. The molecule has 0 aliphatic heterocycles. The summed E-state index contributed by atoms with van der Waals surface area (Å²) < 4.78 is 7.48. The summed E-state index contributed by atoms with van der Waals surface area (Å²) in [5.41, 5.74) is 6.64. The molecule has 106 valence electrons. The lowest BCUT2D eigenvalue weighted by Crippen LogP contribution is -2.22. The number of nitrogens with zero attached hydrogens (tertiary/aromatic N) is 3. The van der Waals surface area contributed by atoms with Crippen LogP contribution in [0, 0.1) is 5.92 Å². The van der Waals surface area contributed by atoms with Gasteiger partial charge in [-0.15, -0.1) is 0 Å². The summed E-state index contributed by atoms with van der Waals surface area (Å²) in [4.78, 5) is 4.26. The zero-order chi connectivity index (χ0) is 14.1. The molecule has 3 N–H and O–H groups in total. The Morgan fingerprint density at radius 1 is 1.60 bits per heavy atom. The minimum absolute atomic E-state index is 0.357. The molecule has 0 spiro atoms. The van der Waals surface area contributed by atoms with Gasteiger partial charge in [0.2, 0.25) is 0 Å². The van der Waals surface area contributed by atoms with Crippen LogP contribution in [0.5, 0.6) is 0 Å². The van der Waals surface area contributed by atoms with E-state index in [4.69, 9.17) is 10.2 Å². The molecule has 0 saturated heterocycles. The quantitative estimate of drug-likeness (QED) is 0.660. The number of aromatic nitrogens is 2. The van der Waals surface area contributed by atoms with E-state index in [1.165, 1.54) is 6.42 Å². The zero-order valence-electron chi connectivity index (χ0n) is 11.7. The highest BCUT2D eigenvalue weighted by molar-refractivity contribution is 5.91. The van der Waals surface area contributed by atoms with Gasteiger partial charge in [-0.25, -0.2) is 4.99 Å². The summed E-state index contributed by atoms with van der Waals surface area (Å²) in [6.45, 7) is 2.68. The van der Waals surface area contributed by atoms with Gasteiger partial charge in [-0.2, -0.15) is 5.10 Å². The third-order valence-corrected chi connectivity index (χ3v) is 3.54. The molecule has 0 amide bonds. The van der Waals surface area contributed by atoms with E-state index in [1.54, 1.807) is 10.9 Å². The number of furan rings is 1. The molecule has 2 heterocycles. The minimum Gasteiger partial charge on any atom is -0.464 e. The van der Waals surface area contributed by atoms with Crippen molar-refractivity contribution in [2.75, 3.05) is 5.32 Å². The average Bonchev–Trinajstić information content (AvgIpc) is 2.82. The van der Waals surface area contributed by atoms with Crippen molar-refractivity contribution < 1.29 is 4.42 Å². The van der Waals surface area contributed by atoms with Crippen LogP contribution in [0.2, 0.25) is 0 Å². The summed E-state index contributed by atoms with van der Waals surface area (Å²) in [5, 5.41) is 7.03. The van der Waals surface area contributed by atoms with E-state index in [0.29, 0.717) is 18.4 Å². The van der Waals surface area contributed by atoms with Gasteiger partial charge in [0.15, 0.2) is 5.96 Å². The number of nitrogens with two attached hydrogens (primary N) is 1. The average molecular weight is 273 g/mol. The third kappa shape index (κ3) is 2.84. The van der Waals surface area contributed by atoms with E-state index in [1.807, 2.05) is 25.4 Å². The number of rotatable bonds is 4. The number of anilines is 1. The molecule has 2 aromatic rings. The molecule has 0 radical (unpaired) electrons. The maximum atomic E-state index is 5.82. The molecule has 6 heteroatoms. The predicted octanol–water partition coefficient (Wildman–Crippen LogP) is 2.06. The maximum absolute atomic E-state index is 5.82. The molecule has 2 atom stereocenters. The number of aliphatic imine (C=N–C) groups is 1. The van der Waals surface area contributed by atoms with E-state index >= 15 is 0 Å². The van der Waals surface area contributed by atoms with E-state index in [0.717, 1.165) is 23.1 Å². The summed E-state index contributed by atoms with van der Waals surface area (Å²) >= 11 is 0. The van der Waals surface area contributed by atoms with Crippen LogP contribution in [-0.2, 0) is 13.6 Å². The van der Waals surface area contributed by atoms with Crippen molar-refractivity contribution in [3.63, 3.8) is 0 Å². The lowest BCUT2D eigenvalue weighted by atomic mass is 10.3. The lowest BCUT2D eigenvalue weighted by Gasteiger charge is -2.01. The summed E-state index contributed by atoms with van der Waals surface area (Å²) in [5.74, 6) is 3.61. The molecule has 1 fully saturated rings. The molecule has 1 aliphatic rings. The second kappa shape index (κ2) is 5.03. The van der Waals surface area contributed by atoms with Crippen molar-refractivity contribution in [3.8, 4) is 0 Å². The SMILES string of the molecule is C[C@H]1C[C@H]1c1ccc(CN=C(N)Nc2cnn(C)c2)o1. The molecule has 0 bridgehead atoms. The van der Waals surface area contributed by atoms with Crippen molar-refractivity contribution in [1.29, 1.82) is 0 Å². The van der Waals surface area contributed by atoms with Crippen LogP contribution < -0.4 is 11.1 Å². The number of nitrogens with one attached hydrogen (secondary N) is 1. The second-order valence-corrected chi connectivity index (χ2v) is 5.35. The standard InChI is InChI=1S/C14H19N5O/c1-9-5-12(9)13-4-3-11(20-13)7-16-14(15)18-10-6-17-19(2)8-10/h3-4,6,8-9,12H,5,7H2,1-2H3,(H3,15,16,18)/t9-,12+/m0/s1. The van der Waals surface area contributed by atoms with E-state index in [2.05, 4.69) is 22.3 Å². The maximum Gasteiger partial charge on any atom is 0.193 e. The first kappa shape index (κ1) is 12.8. The fourth-order valence-corrected chi connectivity index (χ4v) is 2.23. The Morgan fingerprint density at radius 3 is 3.05 bits per heavy atom. The molecule has 0 unspecified atom stereocenters. The Balaban J connectivity index is 1.57. The van der Waals surface area contributed by atoms with Gasteiger partial charge in [-0.1, -0.05) is 6.92 Å². The van der Waals surface area contributed by atoms with Gasteiger partial charge in [-0.3, -0.25) is 4.68 Å². The molecule has 6 nitrogen and oxygen atoms in total. The molecule has 1 saturated carbocycles. The highest BCUT2D eigenvalue weighted by Gasteiger charge is 2.36. The van der Waals surface area contributed by atoms with Crippen molar-refractivity contribution in [2.24, 2.45) is 23.7 Å². The zero-order valence-corrected chi connectivity index (χ0v) is 11.7. The molecule has 2 aromatic heterocycles. The minimum atomic E-state index is 0.357. The number of guanidine groups is 1. The van der Waals surface area contributed by atoms with Crippen molar-refractivity contribution >= 4 is 11.6 Å². The van der Waals surface area contributed by atoms with Crippen LogP contribution in [0.25, 0.3) is 0 Å². The fourth-order valence-electron chi connectivity index (χ4n) is 2.23. The molecular weight excluding hydrogens is 254 g/mol. The largest absolute Gasteiger partial charge is 0.464 e. The Bertz CT molecular complexity index is 627. The first-order valence-electron chi connectivity index (χ1n) is 6.76. The van der Waals surface area contributed by atoms with E-state index < -0.39 is 0 Å². The second-order valence-electron chi connectivity index (χ2n) is 5.35. The lowest BCUT2D eigenvalue weighted by molar-refractivity contribution is 0.464. The number of hydrogen-bond acceptors (Lipinski definition) is 3. The Kier molecular flexibility index (Phi) is 3.22. The molecule has 3 rings (SSSR count). The van der Waals surface area contributed by atoms with E-state index in [-0.39, 0.29) is 0 Å². The normalized spacial score (nSPS) is 22.0. The van der Waals surface area contributed by atoms with Crippen LogP contribution in [0.1, 0.15) is 30.8 Å². The van der Waals surface area contributed by atoms with Gasteiger partial charge in [-0.05, 0) is 24.5 Å². The molecule has 0 aromatic carbocycles. The van der Waals surface area contributed by atoms with Gasteiger partial charge in [0, 0.05) is 19.2 Å². The van der Waals surface area contributed by atoms with Crippen LogP contribution >= 0.6 is 0 Å². The molecular formula is C14H19N5O. The topological polar surface area (TPSA) is 81.4 Å². The summed E-state index contributed by atoms with van der Waals surface area (Å²) in [6.07, 6.45) is 4.75. The van der Waals surface area contributed by atoms with Crippen LogP contribution in [0.15, 0.2) is 33.9 Å². The van der Waals surface area contributed by atoms with Crippen LogP contribution in [0.4, 0.5) is 5.69 Å². The first-order valence-corrected chi connectivity index (χ1v) is 6.76. The van der Waals surface area contributed by atoms with Crippen molar-refractivity contribution in [2.45, 2.75) is 25.8 Å². The highest BCUT2D eigenvalue weighted by atomic mass is 16.3. The van der Waals surface area contributed by atoms with Crippen LogP contribution in [0.3, 0.4) is 0 Å². The van der Waals surface area contributed by atoms with Gasteiger partial charge >= 0.3 is 0 Å². The van der Waals surface area contributed by atoms with Gasteiger partial charge in [0.05, 0.1) is 11.9 Å². The molecule has 20 heavy (non-hydrogen) atoms. The summed E-state index contributed by atoms with van der Waals surface area (Å²) in [6, 6.07) is 4.02. The fraction of sp³-hybridized carbons (Fsp3) is 0.429. The third-order valence-electron chi connectivity index (χ3n) is 3.54. The van der Waals surface area contributed by atoms with Crippen molar-refractivity contribution in [1.82, 2.24) is 9.78 Å². The number of aryl methyl sites for hydroxylation is 1. The van der Waals surface area contributed by atoms with E-state index in [9.17, 15) is 0 Å². The predicted molar refractivity (Wildman–Crippen MR) is 77.4 cm³/mol. The van der Waals surface area contributed by atoms with Gasteiger partial charge < -0.3 is 15.5 Å². The van der Waals surface area contributed by atoms with Gasteiger partial charge in [0.25, 0.3) is 0 Å². The Hall–Kier alpha value is -2.24. The monoisotopic (exact) mass is 273 g/mol. The number of hydrogen-bond donors (Lipinski definition) is 2. The van der Waals surface area contributed by atoms with Crippen LogP contribution in [-0.4, -0.2) is 15.7 Å².